The second-order valence-corrected chi connectivity index (χ2v) is 4.72. The maximum atomic E-state index is 12.1. The number of amides is 1. The van der Waals surface area contributed by atoms with Crippen molar-refractivity contribution in [3.05, 3.63) is 76.7 Å². The average molecular weight is 307 g/mol. The van der Waals surface area contributed by atoms with Crippen LogP contribution in [0.25, 0.3) is 11.4 Å². The van der Waals surface area contributed by atoms with Gasteiger partial charge in [0.05, 0.1) is 12.2 Å². The van der Waals surface area contributed by atoms with Crippen LogP contribution in [0, 0.1) is 0 Å². The second-order valence-electron chi connectivity index (χ2n) is 4.72. The molecule has 3 aromatic heterocycles. The monoisotopic (exact) mass is 307 g/mol. The van der Waals surface area contributed by atoms with E-state index in [9.17, 15) is 9.59 Å². The minimum Gasteiger partial charge on any atom is -0.346 e. The Balaban J connectivity index is 1.75. The third kappa shape index (κ3) is 3.46. The first kappa shape index (κ1) is 14.6. The van der Waals surface area contributed by atoms with E-state index in [2.05, 4.69) is 25.3 Å². The van der Waals surface area contributed by atoms with Crippen molar-refractivity contribution < 1.29 is 4.79 Å². The lowest BCUT2D eigenvalue weighted by molar-refractivity contribution is 0.0948. The van der Waals surface area contributed by atoms with Gasteiger partial charge in [-0.05, 0) is 24.3 Å². The predicted octanol–water partition coefficient (Wildman–Crippen LogP) is 1.16. The first-order valence-corrected chi connectivity index (χ1v) is 6.92. The van der Waals surface area contributed by atoms with Crippen molar-refractivity contribution in [2.24, 2.45) is 0 Å². The van der Waals surface area contributed by atoms with Crippen LogP contribution in [0.1, 0.15) is 16.1 Å². The Kier molecular flexibility index (Phi) is 4.19. The van der Waals surface area contributed by atoms with Crippen LogP contribution < -0.4 is 10.9 Å². The van der Waals surface area contributed by atoms with E-state index in [4.69, 9.17) is 0 Å². The van der Waals surface area contributed by atoms with E-state index in [0.29, 0.717) is 17.1 Å². The number of carbonyl (C=O) groups excluding carboxylic acids is 1. The molecule has 0 bridgehead atoms. The molecule has 0 atom stereocenters. The molecule has 3 aromatic rings. The van der Waals surface area contributed by atoms with Gasteiger partial charge < -0.3 is 10.3 Å². The Labute approximate surface area is 131 Å². The van der Waals surface area contributed by atoms with Crippen LogP contribution in [0.15, 0.2) is 59.9 Å². The van der Waals surface area contributed by atoms with Crippen molar-refractivity contribution in [2.75, 3.05) is 0 Å². The van der Waals surface area contributed by atoms with E-state index < -0.39 is 11.5 Å². The summed E-state index contributed by atoms with van der Waals surface area (Å²) in [6.45, 7) is 0.240. The van der Waals surface area contributed by atoms with Gasteiger partial charge in [0.1, 0.15) is 11.4 Å². The maximum absolute atomic E-state index is 12.1. The van der Waals surface area contributed by atoms with E-state index in [1.165, 1.54) is 6.20 Å². The van der Waals surface area contributed by atoms with Crippen LogP contribution in [0.5, 0.6) is 0 Å². The second kappa shape index (κ2) is 6.61. The van der Waals surface area contributed by atoms with E-state index in [0.717, 1.165) is 0 Å². The number of nitrogens with one attached hydrogen (secondary N) is 2. The molecule has 23 heavy (non-hydrogen) atoms. The highest BCUT2D eigenvalue weighted by Crippen LogP contribution is 2.10. The molecular formula is C16H13N5O2. The molecule has 3 rings (SSSR count). The van der Waals surface area contributed by atoms with Crippen molar-refractivity contribution >= 4 is 5.91 Å². The summed E-state index contributed by atoms with van der Waals surface area (Å²) in [5.41, 5.74) is 0.827. The molecule has 7 nitrogen and oxygen atoms in total. The molecule has 0 fully saturated rings. The summed E-state index contributed by atoms with van der Waals surface area (Å²) in [5, 5.41) is 2.64. The number of H-pyrrole nitrogens is 1. The first-order valence-electron chi connectivity index (χ1n) is 6.92. The van der Waals surface area contributed by atoms with Crippen molar-refractivity contribution in [1.29, 1.82) is 0 Å². The molecule has 0 radical (unpaired) electrons. The number of carbonyl (C=O) groups is 1. The number of aromatic nitrogens is 4. The van der Waals surface area contributed by atoms with Crippen molar-refractivity contribution in [1.82, 2.24) is 25.3 Å². The quantitative estimate of drug-likeness (QED) is 0.753. The molecular weight excluding hydrogens is 294 g/mol. The highest BCUT2D eigenvalue weighted by atomic mass is 16.2. The summed E-state index contributed by atoms with van der Waals surface area (Å²) in [7, 11) is 0. The van der Waals surface area contributed by atoms with Crippen LogP contribution >= 0.6 is 0 Å². The number of nitrogens with zero attached hydrogens (tertiary/aromatic N) is 3. The molecule has 0 spiro atoms. The largest absolute Gasteiger partial charge is 0.346 e. The molecule has 0 aliphatic rings. The minimum atomic E-state index is -0.502. The Morgan fingerprint density at radius 3 is 2.70 bits per heavy atom. The Bertz CT molecular complexity index is 862. The van der Waals surface area contributed by atoms with Gasteiger partial charge in [-0.15, -0.1) is 0 Å². The SMILES string of the molecule is O=C(NCc1ccccn1)c1cnc(-c2cccnc2)[nH]c1=O. The zero-order chi connectivity index (χ0) is 16.1. The molecule has 0 saturated carbocycles. The molecule has 0 unspecified atom stereocenters. The van der Waals surface area contributed by atoms with Crippen LogP contribution in [-0.4, -0.2) is 25.8 Å². The summed E-state index contributed by atoms with van der Waals surface area (Å²) >= 11 is 0. The van der Waals surface area contributed by atoms with E-state index in [-0.39, 0.29) is 12.1 Å². The maximum Gasteiger partial charge on any atom is 0.264 e. The zero-order valence-corrected chi connectivity index (χ0v) is 12.1. The van der Waals surface area contributed by atoms with Gasteiger partial charge in [-0.25, -0.2) is 4.98 Å². The standard InChI is InChI=1S/C16H13N5O2/c22-15(20-9-12-5-1-2-7-18-12)13-10-19-14(21-16(13)23)11-4-3-6-17-8-11/h1-8,10H,9H2,(H,20,22)(H,19,21,23). The Morgan fingerprint density at radius 1 is 1.09 bits per heavy atom. The zero-order valence-electron chi connectivity index (χ0n) is 12.1. The van der Waals surface area contributed by atoms with E-state index in [1.54, 1.807) is 42.9 Å². The minimum absolute atomic E-state index is 0.0476. The summed E-state index contributed by atoms with van der Waals surface area (Å²) in [5.74, 6) is -0.133. The van der Waals surface area contributed by atoms with Crippen molar-refractivity contribution in [3.8, 4) is 11.4 Å². The number of pyridine rings is 2. The fourth-order valence-corrected chi connectivity index (χ4v) is 1.97. The molecule has 1 amide bonds. The average Bonchev–Trinajstić information content (AvgIpc) is 2.61. The smallest absolute Gasteiger partial charge is 0.264 e. The van der Waals surface area contributed by atoms with Gasteiger partial charge >= 0.3 is 0 Å². The van der Waals surface area contributed by atoms with Gasteiger partial charge in [0.2, 0.25) is 0 Å². The fourth-order valence-electron chi connectivity index (χ4n) is 1.97. The predicted molar refractivity (Wildman–Crippen MR) is 83.5 cm³/mol. The number of hydrogen-bond acceptors (Lipinski definition) is 5. The Morgan fingerprint density at radius 2 is 2.00 bits per heavy atom. The molecule has 7 heteroatoms. The molecule has 0 aromatic carbocycles. The Hall–Kier alpha value is -3.35. The van der Waals surface area contributed by atoms with Gasteiger partial charge in [0, 0.05) is 30.4 Å². The highest BCUT2D eigenvalue weighted by Gasteiger charge is 2.12. The van der Waals surface area contributed by atoms with Crippen molar-refractivity contribution in [3.63, 3.8) is 0 Å². The fraction of sp³-hybridized carbons (Fsp3) is 0.0625. The highest BCUT2D eigenvalue weighted by molar-refractivity contribution is 5.93. The van der Waals surface area contributed by atoms with E-state index >= 15 is 0 Å². The lowest BCUT2D eigenvalue weighted by Crippen LogP contribution is -2.30. The molecule has 0 saturated heterocycles. The van der Waals surface area contributed by atoms with Crippen molar-refractivity contribution in [2.45, 2.75) is 6.54 Å². The van der Waals surface area contributed by atoms with Crippen LogP contribution in [0.3, 0.4) is 0 Å². The third-order valence-corrected chi connectivity index (χ3v) is 3.14. The van der Waals surface area contributed by atoms with Gasteiger partial charge in [-0.2, -0.15) is 0 Å². The van der Waals surface area contributed by atoms with Gasteiger partial charge in [0.15, 0.2) is 0 Å². The van der Waals surface area contributed by atoms with Crippen LogP contribution in [0.4, 0.5) is 0 Å². The summed E-state index contributed by atoms with van der Waals surface area (Å²) in [6, 6.07) is 8.91. The molecule has 2 N–H and O–H groups in total. The third-order valence-electron chi connectivity index (χ3n) is 3.14. The summed E-state index contributed by atoms with van der Waals surface area (Å²) in [6.07, 6.45) is 6.10. The van der Waals surface area contributed by atoms with Crippen LogP contribution in [0.2, 0.25) is 0 Å². The number of rotatable bonds is 4. The summed E-state index contributed by atoms with van der Waals surface area (Å²) in [4.78, 5) is 38.9. The lowest BCUT2D eigenvalue weighted by atomic mass is 10.2. The van der Waals surface area contributed by atoms with Crippen LogP contribution in [-0.2, 0) is 6.54 Å². The molecule has 0 aliphatic carbocycles. The molecule has 3 heterocycles. The topological polar surface area (TPSA) is 101 Å². The van der Waals surface area contributed by atoms with Gasteiger partial charge in [-0.1, -0.05) is 6.07 Å². The first-order chi connectivity index (χ1) is 11.2. The number of aromatic amines is 1. The molecule has 0 aliphatic heterocycles. The molecule has 114 valence electrons. The van der Waals surface area contributed by atoms with Gasteiger partial charge in [-0.3, -0.25) is 19.6 Å². The lowest BCUT2D eigenvalue weighted by Gasteiger charge is -2.05. The summed E-state index contributed by atoms with van der Waals surface area (Å²) < 4.78 is 0. The number of hydrogen-bond donors (Lipinski definition) is 2. The van der Waals surface area contributed by atoms with E-state index in [1.807, 2.05) is 6.07 Å². The van der Waals surface area contributed by atoms with Gasteiger partial charge in [0.25, 0.3) is 11.5 Å². The normalized spacial score (nSPS) is 10.3.